The van der Waals surface area contributed by atoms with Crippen LogP contribution >= 0.6 is 0 Å². The van der Waals surface area contributed by atoms with Gasteiger partial charge in [-0.05, 0) is 0 Å². The number of hydrogen-bond acceptors (Lipinski definition) is 0. The summed E-state index contributed by atoms with van der Waals surface area (Å²) in [4.78, 5) is 50.8. The zero-order chi connectivity index (χ0) is 17.6. The molecule has 0 aromatic carbocycles. The van der Waals surface area contributed by atoms with Gasteiger partial charge in [0.25, 0.3) is 0 Å². The largest absolute Gasteiger partial charge is 0.302 e. The van der Waals surface area contributed by atoms with Crippen molar-refractivity contribution in [1.29, 1.82) is 0 Å². The molecule has 0 heterocycles. The van der Waals surface area contributed by atoms with Crippen molar-refractivity contribution in [3.8, 4) is 0 Å². The van der Waals surface area contributed by atoms with Crippen molar-refractivity contribution in [3.05, 3.63) is 0 Å². The maximum atomic E-state index is 8.46. The van der Waals surface area contributed by atoms with Gasteiger partial charge in [0.2, 0.25) is 0 Å². The van der Waals surface area contributed by atoms with Gasteiger partial charge in [0.15, 0.2) is 19.3 Å². The van der Waals surface area contributed by atoms with Crippen LogP contribution < -0.4 is 0 Å². The maximum Gasteiger partial charge on any atom is 0.302 e. The van der Waals surface area contributed by atoms with E-state index < -0.39 is 0 Å². The molecular weight excluding hydrogens is 327 g/mol. The number of carbonyl (C=O) groups excluding carboxylic acids is 6. The first-order valence-corrected chi connectivity index (χ1v) is 6.46. The molecule has 0 aliphatic carbocycles. The number of hydrogen-bond donors (Lipinski definition) is 0. The van der Waals surface area contributed by atoms with E-state index in [1.807, 2.05) is 0 Å². The van der Waals surface area contributed by atoms with Crippen LogP contribution in [0.1, 0.15) is 60.8 Å². The fourth-order valence-corrected chi connectivity index (χ4v) is 1.11. The van der Waals surface area contributed by atoms with Gasteiger partial charge in [0, 0.05) is 60.1 Å². The molecule has 0 aromatic rings. The van der Waals surface area contributed by atoms with Gasteiger partial charge in [-0.1, -0.05) is 0 Å². The van der Waals surface area contributed by atoms with Crippen LogP contribution in [-0.2, 0) is 18.6 Å². The molecule has 125 valence electrons. The molecule has 0 fully saturated rings. The molecule has 22 heavy (non-hydrogen) atoms. The Bertz CT molecular complexity index is 314. The third-order valence-corrected chi connectivity index (χ3v) is 1.54. The SMILES string of the molecule is CC(=[OH+])CC(C)=[OH+].CC(=[OH+])CC(C)=[OH+].CC(=[OH+])CC(C)=[OH+].[V]. The zero-order valence-corrected chi connectivity index (χ0v) is 15.6. The Morgan fingerprint density at radius 2 is 0.500 bits per heavy atom. The molecule has 0 unspecified atom stereocenters. The van der Waals surface area contributed by atoms with Gasteiger partial charge < -0.3 is 0 Å². The standard InChI is InChI=1S/3C5H8O2.V/c3*1-4(6)3-5(2)7;/h3*3H2,1-2H3;/p+6. The molecule has 0 aliphatic rings. The van der Waals surface area contributed by atoms with Crippen LogP contribution in [-0.4, -0.2) is 63.5 Å². The van der Waals surface area contributed by atoms with Crippen molar-refractivity contribution < 1.29 is 47.3 Å². The Labute approximate surface area is 143 Å². The second-order valence-electron chi connectivity index (χ2n) is 4.94. The van der Waals surface area contributed by atoms with Gasteiger partial charge in [-0.2, -0.15) is 0 Å². The van der Waals surface area contributed by atoms with E-state index >= 15 is 0 Å². The van der Waals surface area contributed by atoms with E-state index in [0.717, 1.165) is 0 Å². The van der Waals surface area contributed by atoms with Crippen LogP contribution in [0.5, 0.6) is 0 Å². The van der Waals surface area contributed by atoms with Crippen LogP contribution in [0, 0.1) is 0 Å². The quantitative estimate of drug-likeness (QED) is 0.504. The molecule has 1 radical (unpaired) electrons. The average molecular weight is 357 g/mol. The summed E-state index contributed by atoms with van der Waals surface area (Å²) in [6, 6.07) is 0. The Morgan fingerprint density at radius 3 is 0.500 bits per heavy atom. The predicted octanol–water partition coefficient (Wildman–Crippen LogP) is 1.52. The molecule has 0 aromatic heterocycles. The summed E-state index contributed by atoms with van der Waals surface area (Å²) in [6.45, 7) is 9.33. The fourth-order valence-electron chi connectivity index (χ4n) is 1.11. The molecule has 0 spiro atoms. The zero-order valence-electron chi connectivity index (χ0n) is 14.3. The summed E-state index contributed by atoms with van der Waals surface area (Å²) in [6.07, 6.45) is 0.917. The minimum atomic E-state index is 0. The van der Waals surface area contributed by atoms with Crippen molar-refractivity contribution in [1.82, 2.24) is 0 Å². The van der Waals surface area contributed by atoms with Gasteiger partial charge in [-0.3, -0.25) is 28.8 Å². The fraction of sp³-hybridized carbons (Fsp3) is 0.600. The van der Waals surface area contributed by atoms with E-state index in [4.69, 9.17) is 28.8 Å². The third kappa shape index (κ3) is 51.3. The summed E-state index contributed by atoms with van der Waals surface area (Å²) in [5.41, 5.74) is 0. The molecule has 0 bridgehead atoms. The normalized spacial score (nSPS) is 7.91. The van der Waals surface area contributed by atoms with Crippen LogP contribution in [0.3, 0.4) is 0 Å². The molecule has 7 heteroatoms. The van der Waals surface area contributed by atoms with Crippen LogP contribution in [0.2, 0.25) is 0 Å². The molecule has 6 N–H and O–H groups in total. The third-order valence-electron chi connectivity index (χ3n) is 1.54. The van der Waals surface area contributed by atoms with Gasteiger partial charge >= 0.3 is 34.7 Å². The maximum absolute atomic E-state index is 8.46. The summed E-state index contributed by atoms with van der Waals surface area (Å²) >= 11 is 0. The summed E-state index contributed by atoms with van der Waals surface area (Å²) in [7, 11) is 0. The van der Waals surface area contributed by atoms with Crippen molar-refractivity contribution >= 4 is 34.7 Å². The minimum absolute atomic E-state index is 0. The smallest absolute Gasteiger partial charge is 0.283 e. The van der Waals surface area contributed by atoms with Crippen molar-refractivity contribution in [3.63, 3.8) is 0 Å². The first-order chi connectivity index (χ1) is 9.38. The number of ketones is 6. The molecule has 0 amide bonds. The Balaban J connectivity index is -0.000000108. The van der Waals surface area contributed by atoms with Crippen molar-refractivity contribution in [2.45, 2.75) is 60.8 Å². The molecule has 6 nitrogen and oxygen atoms in total. The Morgan fingerprint density at radius 1 is 0.409 bits per heavy atom. The average Bonchev–Trinajstić information content (AvgIpc) is 2.10. The van der Waals surface area contributed by atoms with Crippen LogP contribution in [0.15, 0.2) is 0 Å². The Kier molecular flexibility index (Phi) is 23.1. The van der Waals surface area contributed by atoms with Gasteiger partial charge in [-0.25, -0.2) is 0 Å². The van der Waals surface area contributed by atoms with Crippen LogP contribution in [0.25, 0.3) is 0 Å². The second kappa shape index (κ2) is 17.7. The van der Waals surface area contributed by atoms with E-state index in [0.29, 0.717) is 19.3 Å². The van der Waals surface area contributed by atoms with Crippen molar-refractivity contribution in [2.75, 3.05) is 0 Å². The predicted molar refractivity (Wildman–Crippen MR) is 89.6 cm³/mol. The van der Waals surface area contributed by atoms with E-state index in [2.05, 4.69) is 0 Å². The van der Waals surface area contributed by atoms with Crippen molar-refractivity contribution in [2.24, 2.45) is 0 Å². The minimum Gasteiger partial charge on any atom is -0.283 e. The molecule has 0 saturated heterocycles. The summed E-state index contributed by atoms with van der Waals surface area (Å²) in [5, 5.41) is 0. The topological polar surface area (TPSA) is 128 Å². The molecule has 0 aliphatic heterocycles. The Hall–Kier alpha value is -1.40. The van der Waals surface area contributed by atoms with Gasteiger partial charge in [0.1, 0.15) is 0 Å². The molecular formula is C15H30O6V+6. The van der Waals surface area contributed by atoms with Gasteiger partial charge in [-0.15, -0.1) is 0 Å². The monoisotopic (exact) mass is 357 g/mol. The van der Waals surface area contributed by atoms with E-state index in [1.54, 1.807) is 41.5 Å². The first kappa shape index (κ1) is 28.7. The van der Waals surface area contributed by atoms with Gasteiger partial charge in [0.05, 0.1) is 0 Å². The molecule has 0 saturated carbocycles. The van der Waals surface area contributed by atoms with E-state index in [9.17, 15) is 0 Å². The molecule has 0 rings (SSSR count). The number of rotatable bonds is 6. The summed E-state index contributed by atoms with van der Waals surface area (Å²) < 4.78 is 0. The van der Waals surface area contributed by atoms with Crippen LogP contribution in [0.4, 0.5) is 0 Å². The molecule has 0 atom stereocenters. The summed E-state index contributed by atoms with van der Waals surface area (Å²) in [5.74, 6) is 1.50. The van der Waals surface area contributed by atoms with E-state index in [1.165, 1.54) is 0 Å². The first-order valence-electron chi connectivity index (χ1n) is 6.46. The van der Waals surface area contributed by atoms with E-state index in [-0.39, 0.29) is 53.3 Å². The second-order valence-corrected chi connectivity index (χ2v) is 4.94.